The summed E-state index contributed by atoms with van der Waals surface area (Å²) in [4.78, 5) is 12.0. The first-order valence-electron chi connectivity index (χ1n) is 4.22. The van der Waals surface area contributed by atoms with Crippen LogP contribution in [0.15, 0.2) is 35.2 Å². The van der Waals surface area contributed by atoms with Crippen molar-refractivity contribution in [1.29, 1.82) is 0 Å². The highest BCUT2D eigenvalue weighted by atomic mass is 32.2. The molecule has 0 unspecified atom stereocenters. The topological polar surface area (TPSA) is 26.3 Å². The Labute approximate surface area is 81.3 Å². The molecular formula is C10H10O2S. The third kappa shape index (κ3) is 2.25. The molecule has 3 heteroatoms. The zero-order chi connectivity index (χ0) is 9.10. The maximum Gasteiger partial charge on any atom is 0.307 e. The first-order chi connectivity index (χ1) is 6.34. The molecule has 0 aliphatic carbocycles. The van der Waals surface area contributed by atoms with Gasteiger partial charge in [-0.2, -0.15) is 0 Å². The van der Waals surface area contributed by atoms with Gasteiger partial charge in [0.2, 0.25) is 0 Å². The van der Waals surface area contributed by atoms with Gasteiger partial charge in [0, 0.05) is 4.90 Å². The highest BCUT2D eigenvalue weighted by Crippen LogP contribution is 2.28. The van der Waals surface area contributed by atoms with E-state index < -0.39 is 0 Å². The second-order valence-corrected chi connectivity index (χ2v) is 4.31. The summed E-state index contributed by atoms with van der Waals surface area (Å²) in [6.45, 7) is 0.554. The van der Waals surface area contributed by atoms with Gasteiger partial charge in [-0.1, -0.05) is 18.2 Å². The molecule has 1 heterocycles. The van der Waals surface area contributed by atoms with Crippen molar-refractivity contribution in [3.05, 3.63) is 30.3 Å². The average molecular weight is 194 g/mol. The van der Waals surface area contributed by atoms with Crippen LogP contribution in [0.2, 0.25) is 0 Å². The first-order valence-corrected chi connectivity index (χ1v) is 5.10. The second-order valence-electron chi connectivity index (χ2n) is 2.94. The Hall–Kier alpha value is -0.960. The van der Waals surface area contributed by atoms with E-state index in [1.165, 1.54) is 4.90 Å². The van der Waals surface area contributed by atoms with Crippen molar-refractivity contribution in [2.45, 2.75) is 16.6 Å². The van der Waals surface area contributed by atoms with Crippen LogP contribution in [0.1, 0.15) is 6.42 Å². The van der Waals surface area contributed by atoms with E-state index in [2.05, 4.69) is 0 Å². The predicted molar refractivity (Wildman–Crippen MR) is 51.7 cm³/mol. The lowest BCUT2D eigenvalue weighted by atomic mass is 10.4. The lowest BCUT2D eigenvalue weighted by molar-refractivity contribution is -0.137. The lowest BCUT2D eigenvalue weighted by Gasteiger charge is -2.04. The van der Waals surface area contributed by atoms with Gasteiger partial charge in [-0.25, -0.2) is 0 Å². The van der Waals surface area contributed by atoms with Crippen LogP contribution in [0.25, 0.3) is 0 Å². The molecule has 1 aromatic rings. The minimum absolute atomic E-state index is 0.0755. The molecule has 68 valence electrons. The Kier molecular flexibility index (Phi) is 2.54. The van der Waals surface area contributed by atoms with E-state index in [1.807, 2.05) is 30.3 Å². The van der Waals surface area contributed by atoms with Gasteiger partial charge in [-0.05, 0) is 12.1 Å². The number of cyclic esters (lactones) is 1. The normalized spacial score (nSPS) is 21.5. The molecule has 1 atom stereocenters. The summed E-state index contributed by atoms with van der Waals surface area (Å²) in [6.07, 6.45) is 0.541. The minimum atomic E-state index is -0.0755. The van der Waals surface area contributed by atoms with E-state index in [4.69, 9.17) is 4.74 Å². The largest absolute Gasteiger partial charge is 0.464 e. The number of benzene rings is 1. The molecule has 1 saturated heterocycles. The molecular weight excluding hydrogens is 184 g/mol. The van der Waals surface area contributed by atoms with E-state index >= 15 is 0 Å². The van der Waals surface area contributed by atoms with E-state index in [9.17, 15) is 4.79 Å². The van der Waals surface area contributed by atoms with E-state index in [0.29, 0.717) is 18.3 Å². The van der Waals surface area contributed by atoms with Crippen LogP contribution in [-0.2, 0) is 9.53 Å². The molecule has 2 rings (SSSR count). The fourth-order valence-electron chi connectivity index (χ4n) is 1.26. The zero-order valence-corrected chi connectivity index (χ0v) is 7.92. The van der Waals surface area contributed by atoms with Gasteiger partial charge < -0.3 is 4.74 Å². The molecule has 1 aliphatic rings. The standard InChI is InChI=1S/C10H10O2S/c11-10-6-9(7-12-10)13-8-4-2-1-3-5-8/h1-5,9H,6-7H2/t9-/m1/s1. The third-order valence-electron chi connectivity index (χ3n) is 1.87. The molecule has 0 spiro atoms. The van der Waals surface area contributed by atoms with Crippen molar-refractivity contribution >= 4 is 17.7 Å². The highest BCUT2D eigenvalue weighted by Gasteiger charge is 2.24. The fourth-order valence-corrected chi connectivity index (χ4v) is 2.31. The summed E-state index contributed by atoms with van der Waals surface area (Å²) >= 11 is 1.71. The molecule has 0 saturated carbocycles. The van der Waals surface area contributed by atoms with Gasteiger partial charge >= 0.3 is 5.97 Å². The predicted octanol–water partition coefficient (Wildman–Crippen LogP) is 2.09. The summed E-state index contributed by atoms with van der Waals surface area (Å²) in [5, 5.41) is 0.301. The first kappa shape index (κ1) is 8.63. The molecule has 1 aliphatic heterocycles. The molecule has 2 nitrogen and oxygen atoms in total. The quantitative estimate of drug-likeness (QED) is 0.674. The smallest absolute Gasteiger partial charge is 0.307 e. The van der Waals surface area contributed by atoms with Crippen LogP contribution in [-0.4, -0.2) is 17.8 Å². The van der Waals surface area contributed by atoms with Crippen LogP contribution >= 0.6 is 11.8 Å². The number of hydrogen-bond donors (Lipinski definition) is 0. The van der Waals surface area contributed by atoms with Crippen LogP contribution in [0.3, 0.4) is 0 Å². The van der Waals surface area contributed by atoms with Crippen molar-refractivity contribution in [2.24, 2.45) is 0 Å². The summed E-state index contributed by atoms with van der Waals surface area (Å²) in [6, 6.07) is 10.1. The maximum atomic E-state index is 10.8. The average Bonchev–Trinajstić information content (AvgIpc) is 2.53. The number of hydrogen-bond acceptors (Lipinski definition) is 3. The van der Waals surface area contributed by atoms with E-state index in [0.717, 1.165) is 0 Å². The number of esters is 1. The summed E-state index contributed by atoms with van der Waals surface area (Å²) in [7, 11) is 0. The van der Waals surface area contributed by atoms with Gasteiger partial charge in [0.25, 0.3) is 0 Å². The Morgan fingerprint density at radius 3 is 2.69 bits per heavy atom. The van der Waals surface area contributed by atoms with Crippen LogP contribution < -0.4 is 0 Å². The maximum absolute atomic E-state index is 10.8. The van der Waals surface area contributed by atoms with Crippen molar-refractivity contribution in [1.82, 2.24) is 0 Å². The zero-order valence-electron chi connectivity index (χ0n) is 7.10. The van der Waals surface area contributed by atoms with Crippen molar-refractivity contribution in [3.8, 4) is 0 Å². The number of thioether (sulfide) groups is 1. The van der Waals surface area contributed by atoms with Gasteiger partial charge in [-0.15, -0.1) is 11.8 Å². The van der Waals surface area contributed by atoms with Gasteiger partial charge in [0.05, 0.1) is 11.7 Å². The summed E-state index contributed by atoms with van der Waals surface area (Å²) in [5.74, 6) is -0.0755. The van der Waals surface area contributed by atoms with Crippen LogP contribution in [0.5, 0.6) is 0 Å². The third-order valence-corrected chi connectivity index (χ3v) is 3.05. The lowest BCUT2D eigenvalue weighted by Crippen LogP contribution is -1.99. The van der Waals surface area contributed by atoms with E-state index in [-0.39, 0.29) is 5.97 Å². The number of carbonyl (C=O) groups is 1. The molecule has 0 aromatic heterocycles. The Morgan fingerprint density at radius 2 is 2.08 bits per heavy atom. The van der Waals surface area contributed by atoms with Crippen LogP contribution in [0.4, 0.5) is 0 Å². The number of rotatable bonds is 2. The van der Waals surface area contributed by atoms with Crippen molar-refractivity contribution < 1.29 is 9.53 Å². The molecule has 0 bridgehead atoms. The van der Waals surface area contributed by atoms with Crippen molar-refractivity contribution in [2.75, 3.05) is 6.61 Å². The number of ether oxygens (including phenoxy) is 1. The van der Waals surface area contributed by atoms with E-state index in [1.54, 1.807) is 11.8 Å². The second kappa shape index (κ2) is 3.83. The SMILES string of the molecule is O=C1C[C@@H](Sc2ccccc2)CO1. The Bertz CT molecular complexity index is 297. The molecule has 0 N–H and O–H groups in total. The highest BCUT2D eigenvalue weighted by molar-refractivity contribution is 8.00. The Balaban J connectivity index is 1.96. The summed E-state index contributed by atoms with van der Waals surface area (Å²) in [5.41, 5.74) is 0. The Morgan fingerprint density at radius 1 is 1.31 bits per heavy atom. The van der Waals surface area contributed by atoms with Gasteiger partial charge in [0.15, 0.2) is 0 Å². The van der Waals surface area contributed by atoms with Crippen molar-refractivity contribution in [3.63, 3.8) is 0 Å². The molecule has 13 heavy (non-hydrogen) atoms. The van der Waals surface area contributed by atoms with Gasteiger partial charge in [-0.3, -0.25) is 4.79 Å². The molecule has 1 aromatic carbocycles. The monoisotopic (exact) mass is 194 g/mol. The number of carbonyl (C=O) groups excluding carboxylic acids is 1. The minimum Gasteiger partial charge on any atom is -0.464 e. The van der Waals surface area contributed by atoms with Crippen LogP contribution in [0, 0.1) is 0 Å². The summed E-state index contributed by atoms with van der Waals surface area (Å²) < 4.78 is 4.88. The molecule has 1 fully saturated rings. The molecule has 0 amide bonds. The fraction of sp³-hybridized carbons (Fsp3) is 0.300. The molecule has 0 radical (unpaired) electrons. The van der Waals surface area contributed by atoms with Gasteiger partial charge in [0.1, 0.15) is 6.61 Å².